The van der Waals surface area contributed by atoms with Crippen molar-refractivity contribution in [3.05, 3.63) is 35.4 Å². The second kappa shape index (κ2) is 5.09. The number of ether oxygens (including phenoxy) is 1. The lowest BCUT2D eigenvalue weighted by molar-refractivity contribution is 0.359. The molecule has 0 aromatic heterocycles. The molecule has 0 spiro atoms. The minimum Gasteiger partial charge on any atom is -0.491 e. The van der Waals surface area contributed by atoms with Gasteiger partial charge in [0.25, 0.3) is 0 Å². The van der Waals surface area contributed by atoms with Crippen LogP contribution < -0.4 is 4.74 Å². The lowest BCUT2D eigenvalue weighted by Crippen LogP contribution is -2.38. The molecule has 3 rings (SSSR count). The lowest BCUT2D eigenvalue weighted by atomic mass is 9.93. The molecule has 2 bridgehead atoms. The smallest absolute Gasteiger partial charge is 0.190 e. The molecule has 21 heavy (non-hydrogen) atoms. The van der Waals surface area contributed by atoms with E-state index in [1.54, 1.807) is 6.08 Å². The zero-order valence-electron chi connectivity index (χ0n) is 11.6. The highest BCUT2D eigenvalue weighted by molar-refractivity contribution is 7.93. The summed E-state index contributed by atoms with van der Waals surface area (Å²) in [5.41, 5.74) is 1.11. The van der Waals surface area contributed by atoms with Crippen molar-refractivity contribution in [3.63, 3.8) is 0 Å². The van der Waals surface area contributed by atoms with Crippen LogP contribution in [0.4, 0.5) is 8.78 Å². The SMILES string of the molecule is COc1c(F)cc(C2=CC3CCCC(C2)S3(=O)=O)cc1F. The molecular weight excluding hydrogens is 298 g/mol. The summed E-state index contributed by atoms with van der Waals surface area (Å²) in [6.45, 7) is 0. The van der Waals surface area contributed by atoms with Crippen molar-refractivity contribution < 1.29 is 21.9 Å². The summed E-state index contributed by atoms with van der Waals surface area (Å²) in [4.78, 5) is 0. The molecule has 114 valence electrons. The van der Waals surface area contributed by atoms with Crippen LogP contribution in [0.1, 0.15) is 31.2 Å². The van der Waals surface area contributed by atoms with Crippen LogP contribution in [-0.4, -0.2) is 26.0 Å². The molecule has 0 N–H and O–H groups in total. The van der Waals surface area contributed by atoms with Gasteiger partial charge in [-0.25, -0.2) is 17.2 Å². The summed E-state index contributed by atoms with van der Waals surface area (Å²) in [6.07, 6.45) is 4.07. The van der Waals surface area contributed by atoms with Gasteiger partial charge in [0.15, 0.2) is 27.2 Å². The first-order chi connectivity index (χ1) is 9.93. The molecule has 1 aromatic carbocycles. The van der Waals surface area contributed by atoms with Crippen LogP contribution in [0.15, 0.2) is 18.2 Å². The molecule has 6 heteroatoms. The summed E-state index contributed by atoms with van der Waals surface area (Å²) in [5.74, 6) is -1.96. The highest BCUT2D eigenvalue weighted by Gasteiger charge is 2.40. The van der Waals surface area contributed by atoms with Gasteiger partial charge in [-0.05, 0) is 42.5 Å². The van der Waals surface area contributed by atoms with Crippen molar-refractivity contribution >= 4 is 15.4 Å². The van der Waals surface area contributed by atoms with Crippen molar-refractivity contribution in [1.82, 2.24) is 0 Å². The Kier molecular flexibility index (Phi) is 3.51. The third-order valence-electron chi connectivity index (χ3n) is 4.31. The van der Waals surface area contributed by atoms with E-state index in [-0.39, 0.29) is 0 Å². The third-order valence-corrected chi connectivity index (χ3v) is 6.86. The highest BCUT2D eigenvalue weighted by atomic mass is 32.2. The molecule has 2 aliphatic heterocycles. The number of benzene rings is 1. The average Bonchev–Trinajstić information content (AvgIpc) is 2.36. The van der Waals surface area contributed by atoms with Gasteiger partial charge in [0.1, 0.15) is 0 Å². The van der Waals surface area contributed by atoms with Crippen molar-refractivity contribution in [2.45, 2.75) is 36.2 Å². The second-order valence-electron chi connectivity index (χ2n) is 5.55. The van der Waals surface area contributed by atoms with E-state index in [0.717, 1.165) is 6.42 Å². The third kappa shape index (κ3) is 2.35. The van der Waals surface area contributed by atoms with E-state index in [2.05, 4.69) is 4.74 Å². The van der Waals surface area contributed by atoms with Gasteiger partial charge < -0.3 is 4.74 Å². The van der Waals surface area contributed by atoms with Gasteiger partial charge in [0.2, 0.25) is 0 Å². The first kappa shape index (κ1) is 14.5. The van der Waals surface area contributed by atoms with Crippen molar-refractivity contribution in [3.8, 4) is 5.75 Å². The predicted octanol–water partition coefficient (Wildman–Crippen LogP) is 3.10. The fraction of sp³-hybridized carbons (Fsp3) is 0.467. The topological polar surface area (TPSA) is 43.4 Å². The molecule has 2 unspecified atom stereocenters. The van der Waals surface area contributed by atoms with Crippen LogP contribution in [0.3, 0.4) is 0 Å². The normalized spacial score (nSPS) is 27.1. The van der Waals surface area contributed by atoms with Gasteiger partial charge in [-0.3, -0.25) is 0 Å². The van der Waals surface area contributed by atoms with E-state index in [1.807, 2.05) is 0 Å². The number of methoxy groups -OCH3 is 1. The highest BCUT2D eigenvalue weighted by Crippen LogP contribution is 2.40. The summed E-state index contributed by atoms with van der Waals surface area (Å²) in [5, 5.41) is -0.947. The summed E-state index contributed by atoms with van der Waals surface area (Å²) in [7, 11) is -1.92. The summed E-state index contributed by atoms with van der Waals surface area (Å²) >= 11 is 0. The molecular formula is C15H16F2O3S. The van der Waals surface area contributed by atoms with Gasteiger partial charge in [-0.15, -0.1) is 0 Å². The van der Waals surface area contributed by atoms with Crippen molar-refractivity contribution in [2.24, 2.45) is 0 Å². The molecule has 3 nitrogen and oxygen atoms in total. The van der Waals surface area contributed by atoms with Crippen LogP contribution in [0.5, 0.6) is 5.75 Å². The molecule has 1 aromatic rings. The number of halogens is 2. The molecule has 0 radical (unpaired) electrons. The van der Waals surface area contributed by atoms with Crippen LogP contribution >= 0.6 is 0 Å². The Morgan fingerprint density at radius 3 is 2.43 bits per heavy atom. The average molecular weight is 314 g/mol. The van der Waals surface area contributed by atoms with E-state index in [1.165, 1.54) is 19.2 Å². The largest absolute Gasteiger partial charge is 0.491 e. The number of sulfone groups is 1. The standard InChI is InChI=1S/C15H16F2O3S/c1-20-15-13(16)7-10(8-14(15)17)9-5-11-3-2-4-12(6-9)21(11,18)19/h5,7-8,11-12H,2-4,6H2,1H3. The Morgan fingerprint density at radius 2 is 1.86 bits per heavy atom. The summed E-state index contributed by atoms with van der Waals surface area (Å²) < 4.78 is 56.6. The van der Waals surface area contributed by atoms with E-state index >= 15 is 0 Å². The lowest BCUT2D eigenvalue weighted by Gasteiger charge is -2.33. The quantitative estimate of drug-likeness (QED) is 0.842. The zero-order valence-corrected chi connectivity index (χ0v) is 12.4. The number of rotatable bonds is 2. The first-order valence-electron chi connectivity index (χ1n) is 6.90. The van der Waals surface area contributed by atoms with Crippen LogP contribution in [-0.2, 0) is 9.84 Å². The Balaban J connectivity index is 2.04. The first-order valence-corrected chi connectivity index (χ1v) is 8.51. The molecule has 2 aliphatic rings. The Hall–Kier alpha value is -1.43. The molecule has 2 atom stereocenters. The maximum absolute atomic E-state index is 13.8. The minimum atomic E-state index is -3.13. The maximum Gasteiger partial charge on any atom is 0.190 e. The second-order valence-corrected chi connectivity index (χ2v) is 8.00. The molecule has 2 heterocycles. The Labute approximate surface area is 122 Å². The van der Waals surface area contributed by atoms with Gasteiger partial charge in [-0.1, -0.05) is 12.5 Å². The zero-order chi connectivity index (χ0) is 15.2. The number of allylic oxidation sites excluding steroid dienone is 1. The fourth-order valence-corrected chi connectivity index (χ4v) is 5.46. The number of hydrogen-bond acceptors (Lipinski definition) is 3. The monoisotopic (exact) mass is 314 g/mol. The molecule has 1 saturated heterocycles. The Morgan fingerprint density at radius 1 is 1.19 bits per heavy atom. The number of hydrogen-bond donors (Lipinski definition) is 0. The van der Waals surface area contributed by atoms with Gasteiger partial charge >= 0.3 is 0 Å². The molecule has 0 aliphatic carbocycles. The predicted molar refractivity (Wildman–Crippen MR) is 75.9 cm³/mol. The van der Waals surface area contributed by atoms with E-state index < -0.39 is 37.7 Å². The van der Waals surface area contributed by atoms with Crippen molar-refractivity contribution in [1.29, 1.82) is 0 Å². The van der Waals surface area contributed by atoms with E-state index in [9.17, 15) is 17.2 Å². The fourth-order valence-electron chi connectivity index (χ4n) is 3.21. The molecule has 0 saturated carbocycles. The van der Waals surface area contributed by atoms with Crippen LogP contribution in [0.2, 0.25) is 0 Å². The van der Waals surface area contributed by atoms with E-state index in [4.69, 9.17) is 0 Å². The minimum absolute atomic E-state index is 0.323. The van der Waals surface area contributed by atoms with E-state index in [0.29, 0.717) is 30.4 Å². The Bertz CT molecular complexity index is 687. The summed E-state index contributed by atoms with van der Waals surface area (Å²) in [6, 6.07) is 2.42. The molecule has 0 amide bonds. The van der Waals surface area contributed by atoms with Crippen LogP contribution in [0, 0.1) is 11.6 Å². The van der Waals surface area contributed by atoms with Crippen molar-refractivity contribution in [2.75, 3.05) is 7.11 Å². The van der Waals surface area contributed by atoms with Crippen LogP contribution in [0.25, 0.3) is 5.57 Å². The molecule has 1 fully saturated rings. The van der Waals surface area contributed by atoms with Gasteiger partial charge in [0.05, 0.1) is 17.6 Å². The van der Waals surface area contributed by atoms with Gasteiger partial charge in [0, 0.05) is 0 Å². The van der Waals surface area contributed by atoms with Gasteiger partial charge in [-0.2, -0.15) is 0 Å². The number of fused-ring (bicyclic) bond motifs is 2. The maximum atomic E-state index is 13.8.